The molecule has 0 fully saturated rings. The van der Waals surface area contributed by atoms with Crippen molar-refractivity contribution in [3.05, 3.63) is 69.5 Å². The van der Waals surface area contributed by atoms with Crippen molar-refractivity contribution in [2.45, 2.75) is 26.1 Å². The topological polar surface area (TPSA) is 97.1 Å². The first-order valence-electron chi connectivity index (χ1n) is 10.1. The molecular formula is C23H18F4N4O3S. The van der Waals surface area contributed by atoms with Crippen LogP contribution in [0, 0.1) is 17.1 Å². The van der Waals surface area contributed by atoms with Crippen LogP contribution in [-0.4, -0.2) is 23.2 Å². The standard InChI is InChI=1S/C23H18F4N4O3S/c1-3-20-30-31-22(35-20)29-21(32)15(11-28)8-13-4-7-18(19(9-13)33-2)34-12-14-5-6-16(24)10-17(14)23(25,26)27/h4-10H,3,12H2,1-2H3,(H,29,31,32). The number of nitrogens with zero attached hydrogens (tertiary/aromatic N) is 3. The fraction of sp³-hybridized carbons (Fsp3) is 0.217. The maximum Gasteiger partial charge on any atom is 0.416 e. The molecule has 7 nitrogen and oxygen atoms in total. The average molecular weight is 506 g/mol. The van der Waals surface area contributed by atoms with Gasteiger partial charge in [0, 0.05) is 5.56 Å². The molecule has 0 atom stereocenters. The molecule has 0 spiro atoms. The third-order valence-electron chi connectivity index (χ3n) is 4.61. The highest BCUT2D eigenvalue weighted by Crippen LogP contribution is 2.34. The molecule has 0 bridgehead atoms. The smallest absolute Gasteiger partial charge is 0.416 e. The number of hydrogen-bond donors (Lipinski definition) is 1. The van der Waals surface area contributed by atoms with Gasteiger partial charge in [-0.25, -0.2) is 4.39 Å². The molecule has 1 N–H and O–H groups in total. The van der Waals surface area contributed by atoms with E-state index in [-0.39, 0.29) is 27.8 Å². The number of aromatic nitrogens is 2. The molecule has 0 aliphatic rings. The van der Waals surface area contributed by atoms with Crippen LogP contribution in [0.5, 0.6) is 11.5 Å². The van der Waals surface area contributed by atoms with Crippen LogP contribution in [0.4, 0.5) is 22.7 Å². The van der Waals surface area contributed by atoms with E-state index < -0.39 is 30.1 Å². The highest BCUT2D eigenvalue weighted by Gasteiger charge is 2.34. The maximum atomic E-state index is 13.3. The first-order valence-corrected chi connectivity index (χ1v) is 10.9. The number of methoxy groups -OCH3 is 1. The van der Waals surface area contributed by atoms with Gasteiger partial charge in [-0.05, 0) is 42.3 Å². The molecule has 35 heavy (non-hydrogen) atoms. The summed E-state index contributed by atoms with van der Waals surface area (Å²) in [6, 6.07) is 8.51. The highest BCUT2D eigenvalue weighted by atomic mass is 32.1. The number of carbonyl (C=O) groups excluding carboxylic acids is 1. The number of hydrogen-bond acceptors (Lipinski definition) is 7. The van der Waals surface area contributed by atoms with Gasteiger partial charge >= 0.3 is 6.18 Å². The summed E-state index contributed by atoms with van der Waals surface area (Å²) in [7, 11) is 1.33. The third-order valence-corrected chi connectivity index (χ3v) is 5.60. The lowest BCUT2D eigenvalue weighted by Crippen LogP contribution is -2.13. The minimum absolute atomic E-state index is 0.117. The van der Waals surface area contributed by atoms with Gasteiger partial charge in [-0.2, -0.15) is 18.4 Å². The maximum absolute atomic E-state index is 13.3. The monoisotopic (exact) mass is 506 g/mol. The van der Waals surface area contributed by atoms with Crippen molar-refractivity contribution in [3.63, 3.8) is 0 Å². The lowest BCUT2D eigenvalue weighted by molar-refractivity contribution is -0.138. The number of aryl methyl sites for hydroxylation is 1. The summed E-state index contributed by atoms with van der Waals surface area (Å²) in [6.07, 6.45) is -2.78. The number of rotatable bonds is 8. The van der Waals surface area contributed by atoms with Crippen LogP contribution in [0.2, 0.25) is 0 Å². The predicted octanol–water partition coefficient (Wildman–Crippen LogP) is 5.39. The van der Waals surface area contributed by atoms with E-state index in [0.717, 1.165) is 17.1 Å². The summed E-state index contributed by atoms with van der Waals surface area (Å²) in [4.78, 5) is 12.4. The summed E-state index contributed by atoms with van der Waals surface area (Å²) < 4.78 is 63.7. The Bertz CT molecular complexity index is 1300. The zero-order valence-corrected chi connectivity index (χ0v) is 19.3. The van der Waals surface area contributed by atoms with Gasteiger partial charge in [-0.15, -0.1) is 10.2 Å². The van der Waals surface area contributed by atoms with Crippen LogP contribution in [0.15, 0.2) is 42.0 Å². The zero-order chi connectivity index (χ0) is 25.6. The average Bonchev–Trinajstić information content (AvgIpc) is 3.28. The molecule has 2 aromatic carbocycles. The van der Waals surface area contributed by atoms with E-state index in [4.69, 9.17) is 9.47 Å². The van der Waals surface area contributed by atoms with Gasteiger partial charge in [0.15, 0.2) is 11.5 Å². The second kappa shape index (κ2) is 11.0. The van der Waals surface area contributed by atoms with Crippen LogP contribution in [0.3, 0.4) is 0 Å². The first-order chi connectivity index (χ1) is 16.6. The summed E-state index contributed by atoms with van der Waals surface area (Å²) in [5.41, 5.74) is -1.20. The van der Waals surface area contributed by atoms with Crippen molar-refractivity contribution >= 4 is 28.5 Å². The molecule has 0 saturated heterocycles. The van der Waals surface area contributed by atoms with E-state index in [1.807, 2.05) is 13.0 Å². The van der Waals surface area contributed by atoms with Crippen molar-refractivity contribution in [1.82, 2.24) is 10.2 Å². The minimum atomic E-state index is -4.75. The fourth-order valence-corrected chi connectivity index (χ4v) is 3.59. The van der Waals surface area contributed by atoms with E-state index in [2.05, 4.69) is 15.5 Å². The first kappa shape index (κ1) is 25.6. The Morgan fingerprint density at radius 3 is 2.60 bits per heavy atom. The molecular weight excluding hydrogens is 488 g/mol. The van der Waals surface area contributed by atoms with Crippen molar-refractivity contribution < 1.29 is 31.8 Å². The van der Waals surface area contributed by atoms with Crippen molar-refractivity contribution in [3.8, 4) is 17.6 Å². The van der Waals surface area contributed by atoms with Gasteiger partial charge in [0.25, 0.3) is 5.91 Å². The molecule has 0 unspecified atom stereocenters. The molecule has 1 aromatic heterocycles. The second-order valence-electron chi connectivity index (χ2n) is 6.98. The molecule has 0 aliphatic carbocycles. The van der Waals surface area contributed by atoms with Crippen molar-refractivity contribution in [2.75, 3.05) is 12.4 Å². The lowest BCUT2D eigenvalue weighted by atomic mass is 10.1. The summed E-state index contributed by atoms with van der Waals surface area (Å²) in [5, 5.41) is 20.6. The summed E-state index contributed by atoms with van der Waals surface area (Å²) in [5.74, 6) is -1.42. The molecule has 3 rings (SSSR count). The Balaban J connectivity index is 1.78. The number of halogens is 4. The van der Waals surface area contributed by atoms with Gasteiger partial charge in [0.05, 0.1) is 12.7 Å². The Kier molecular flexibility index (Phi) is 8.03. The normalized spacial score (nSPS) is 11.6. The number of alkyl halides is 3. The summed E-state index contributed by atoms with van der Waals surface area (Å²) in [6.45, 7) is 1.40. The van der Waals surface area contributed by atoms with Gasteiger partial charge in [0.2, 0.25) is 5.13 Å². The van der Waals surface area contributed by atoms with Crippen LogP contribution in [-0.2, 0) is 24.0 Å². The molecule has 12 heteroatoms. The lowest BCUT2D eigenvalue weighted by Gasteiger charge is -2.15. The minimum Gasteiger partial charge on any atom is -0.493 e. The van der Waals surface area contributed by atoms with Crippen LogP contribution >= 0.6 is 11.3 Å². The second-order valence-corrected chi connectivity index (χ2v) is 8.04. The fourth-order valence-electron chi connectivity index (χ4n) is 2.91. The Morgan fingerprint density at radius 2 is 1.97 bits per heavy atom. The number of ether oxygens (including phenoxy) is 2. The van der Waals surface area contributed by atoms with Gasteiger partial charge in [0.1, 0.15) is 29.1 Å². The van der Waals surface area contributed by atoms with E-state index >= 15 is 0 Å². The molecule has 0 aliphatic heterocycles. The number of nitriles is 1. The predicted molar refractivity (Wildman–Crippen MR) is 120 cm³/mol. The Morgan fingerprint density at radius 1 is 1.20 bits per heavy atom. The van der Waals surface area contributed by atoms with Crippen LogP contribution < -0.4 is 14.8 Å². The quantitative estimate of drug-likeness (QED) is 0.250. The summed E-state index contributed by atoms with van der Waals surface area (Å²) >= 11 is 1.19. The molecule has 0 radical (unpaired) electrons. The number of benzene rings is 2. The Hall–Kier alpha value is -3.98. The zero-order valence-electron chi connectivity index (χ0n) is 18.4. The molecule has 1 amide bonds. The van der Waals surface area contributed by atoms with Gasteiger partial charge < -0.3 is 9.47 Å². The van der Waals surface area contributed by atoms with Gasteiger partial charge in [-0.3, -0.25) is 10.1 Å². The van der Waals surface area contributed by atoms with E-state index in [1.54, 1.807) is 0 Å². The molecule has 0 saturated carbocycles. The van der Waals surface area contributed by atoms with Gasteiger partial charge in [-0.1, -0.05) is 30.4 Å². The number of anilines is 1. The third kappa shape index (κ3) is 6.54. The van der Waals surface area contributed by atoms with Crippen molar-refractivity contribution in [2.24, 2.45) is 0 Å². The molecule has 1 heterocycles. The van der Waals surface area contributed by atoms with E-state index in [9.17, 15) is 27.6 Å². The van der Waals surface area contributed by atoms with Crippen LogP contribution in [0.1, 0.15) is 28.6 Å². The number of nitrogens with one attached hydrogen (secondary N) is 1. The Labute approximate surface area is 201 Å². The van der Waals surface area contributed by atoms with Crippen molar-refractivity contribution in [1.29, 1.82) is 5.26 Å². The van der Waals surface area contributed by atoms with E-state index in [0.29, 0.717) is 18.1 Å². The number of carbonyl (C=O) groups is 1. The highest BCUT2D eigenvalue weighted by molar-refractivity contribution is 7.15. The van der Waals surface area contributed by atoms with Crippen LogP contribution in [0.25, 0.3) is 6.08 Å². The van der Waals surface area contributed by atoms with E-state index in [1.165, 1.54) is 42.7 Å². The molecule has 182 valence electrons. The molecule has 3 aromatic rings. The largest absolute Gasteiger partial charge is 0.493 e. The number of amides is 1. The SMILES string of the molecule is CCc1nnc(NC(=O)C(C#N)=Cc2ccc(OCc3ccc(F)cc3C(F)(F)F)c(OC)c2)s1.